The van der Waals surface area contributed by atoms with Crippen LogP contribution in [0, 0.1) is 5.92 Å². The van der Waals surface area contributed by atoms with Crippen LogP contribution in [0.1, 0.15) is 38.5 Å². The zero-order valence-electron chi connectivity index (χ0n) is 14.1. The van der Waals surface area contributed by atoms with Crippen LogP contribution >= 0.6 is 0 Å². The van der Waals surface area contributed by atoms with Crippen LogP contribution in [0.15, 0.2) is 21.9 Å². The maximum absolute atomic E-state index is 12.5. The van der Waals surface area contributed by atoms with Crippen LogP contribution < -0.4 is 11.2 Å². The molecule has 1 aliphatic carbocycles. The summed E-state index contributed by atoms with van der Waals surface area (Å²) in [5, 5.41) is 0. The Bertz CT molecular complexity index is 751. The van der Waals surface area contributed by atoms with Gasteiger partial charge in [-0.1, -0.05) is 12.8 Å². The van der Waals surface area contributed by atoms with Gasteiger partial charge in [0, 0.05) is 24.8 Å². The second kappa shape index (κ2) is 7.67. The minimum atomic E-state index is -0.683. The fraction of sp³-hybridized carbons (Fsp3) is 0.647. The van der Waals surface area contributed by atoms with Gasteiger partial charge in [0.25, 0.3) is 11.5 Å². The van der Waals surface area contributed by atoms with Crippen molar-refractivity contribution in [3.63, 3.8) is 0 Å². The van der Waals surface area contributed by atoms with Gasteiger partial charge >= 0.3 is 11.7 Å². The van der Waals surface area contributed by atoms with Crippen molar-refractivity contribution >= 4 is 11.9 Å². The average Bonchev–Trinajstić information content (AvgIpc) is 2.61. The van der Waals surface area contributed by atoms with E-state index in [0.29, 0.717) is 5.92 Å². The molecule has 0 radical (unpaired) electrons. The summed E-state index contributed by atoms with van der Waals surface area (Å²) >= 11 is 0. The lowest BCUT2D eigenvalue weighted by Gasteiger charge is -2.44. The minimum absolute atomic E-state index is 0.168. The number of amides is 1. The van der Waals surface area contributed by atoms with E-state index in [0.717, 1.165) is 36.4 Å². The lowest BCUT2D eigenvalue weighted by Crippen LogP contribution is -2.51. The van der Waals surface area contributed by atoms with Crippen molar-refractivity contribution in [2.45, 2.75) is 51.1 Å². The average molecular weight is 349 g/mol. The van der Waals surface area contributed by atoms with Crippen LogP contribution in [0.25, 0.3) is 0 Å². The van der Waals surface area contributed by atoms with Crippen LogP contribution in [-0.2, 0) is 20.9 Å². The number of carbonyl (C=O) groups is 2. The number of nitrogens with one attached hydrogen (secondary N) is 1. The van der Waals surface area contributed by atoms with Gasteiger partial charge in [0.15, 0.2) is 6.61 Å². The predicted molar refractivity (Wildman–Crippen MR) is 89.0 cm³/mol. The molecule has 2 aliphatic rings. The number of hydrogen-bond acceptors (Lipinski definition) is 5. The molecule has 1 saturated heterocycles. The Morgan fingerprint density at radius 2 is 1.92 bits per heavy atom. The third kappa shape index (κ3) is 4.18. The van der Waals surface area contributed by atoms with Crippen LogP contribution in [0.5, 0.6) is 0 Å². The fourth-order valence-electron chi connectivity index (χ4n) is 3.91. The number of piperidine rings is 1. The zero-order valence-corrected chi connectivity index (χ0v) is 14.1. The number of nitrogens with zero attached hydrogens (tertiary/aromatic N) is 2. The van der Waals surface area contributed by atoms with Crippen LogP contribution in [0.2, 0.25) is 0 Å². The minimum Gasteiger partial charge on any atom is -0.454 e. The van der Waals surface area contributed by atoms with E-state index in [-0.39, 0.29) is 25.1 Å². The summed E-state index contributed by atoms with van der Waals surface area (Å²) in [5.74, 6) is -0.277. The fourth-order valence-corrected chi connectivity index (χ4v) is 3.91. The first-order chi connectivity index (χ1) is 12.0. The lowest BCUT2D eigenvalue weighted by atomic mass is 9.78. The van der Waals surface area contributed by atoms with Crippen molar-refractivity contribution in [3.8, 4) is 0 Å². The first kappa shape index (κ1) is 17.4. The zero-order chi connectivity index (χ0) is 17.8. The van der Waals surface area contributed by atoms with Gasteiger partial charge in [-0.2, -0.15) is 0 Å². The van der Waals surface area contributed by atoms with E-state index in [1.165, 1.54) is 25.5 Å². The molecule has 0 aromatic carbocycles. The Kier molecular flexibility index (Phi) is 5.35. The first-order valence-corrected chi connectivity index (χ1v) is 8.79. The van der Waals surface area contributed by atoms with Gasteiger partial charge in [0.05, 0.1) is 0 Å². The smallest absolute Gasteiger partial charge is 0.328 e. The Morgan fingerprint density at radius 3 is 2.72 bits per heavy atom. The molecule has 1 amide bonds. The van der Waals surface area contributed by atoms with Gasteiger partial charge in [-0.25, -0.2) is 4.79 Å². The second-order valence-corrected chi connectivity index (χ2v) is 6.74. The molecule has 1 aliphatic heterocycles. The molecule has 2 heterocycles. The Hall–Kier alpha value is -2.38. The molecular formula is C17H23N3O5. The molecular weight excluding hydrogens is 326 g/mol. The third-order valence-electron chi connectivity index (χ3n) is 5.12. The lowest BCUT2D eigenvalue weighted by molar-refractivity contribution is -0.155. The molecule has 25 heavy (non-hydrogen) atoms. The normalized spacial score (nSPS) is 23.0. The summed E-state index contributed by atoms with van der Waals surface area (Å²) in [6.07, 6.45) is 7.95. The van der Waals surface area contributed by atoms with Gasteiger partial charge in [-0.15, -0.1) is 0 Å². The molecule has 0 spiro atoms. The standard InChI is InChI=1S/C17H23N3O5/c21-14-7-9-19(17(24)18-14)10-16(23)25-11-15(22)20-8-3-5-12-4-1-2-6-13(12)20/h7,9,12-13H,1-6,8,10-11H2,(H,18,21,24)/t12-,13+/m1/s1. The highest BCUT2D eigenvalue weighted by molar-refractivity contribution is 5.81. The number of aromatic nitrogens is 2. The molecule has 136 valence electrons. The molecule has 2 atom stereocenters. The van der Waals surface area contributed by atoms with Crippen LogP contribution in [0.3, 0.4) is 0 Å². The Balaban J connectivity index is 1.53. The highest BCUT2D eigenvalue weighted by atomic mass is 16.5. The number of rotatable bonds is 4. The van der Waals surface area contributed by atoms with Crippen molar-refractivity contribution in [1.29, 1.82) is 0 Å². The molecule has 8 heteroatoms. The number of aromatic amines is 1. The summed E-state index contributed by atoms with van der Waals surface area (Å²) < 4.78 is 6.08. The first-order valence-electron chi connectivity index (χ1n) is 8.79. The number of likely N-dealkylation sites (tertiary alicyclic amines) is 1. The molecule has 1 N–H and O–H groups in total. The molecule has 2 fully saturated rings. The van der Waals surface area contributed by atoms with Crippen molar-refractivity contribution in [3.05, 3.63) is 33.1 Å². The van der Waals surface area contributed by atoms with Crippen molar-refractivity contribution in [2.24, 2.45) is 5.92 Å². The highest BCUT2D eigenvalue weighted by Crippen LogP contribution is 2.35. The largest absolute Gasteiger partial charge is 0.454 e. The molecule has 0 unspecified atom stereocenters. The summed E-state index contributed by atoms with van der Waals surface area (Å²) in [5.41, 5.74) is -1.21. The van der Waals surface area contributed by atoms with Crippen LogP contribution in [0.4, 0.5) is 0 Å². The quantitative estimate of drug-likeness (QED) is 0.786. The van der Waals surface area contributed by atoms with E-state index in [4.69, 9.17) is 4.74 Å². The molecule has 0 bridgehead atoms. The molecule has 3 rings (SSSR count). The third-order valence-corrected chi connectivity index (χ3v) is 5.12. The van der Waals surface area contributed by atoms with E-state index < -0.39 is 17.2 Å². The molecule has 1 saturated carbocycles. The van der Waals surface area contributed by atoms with E-state index in [1.807, 2.05) is 4.90 Å². The molecule has 8 nitrogen and oxygen atoms in total. The Labute approximate surface area is 144 Å². The maximum atomic E-state index is 12.5. The number of esters is 1. The molecule has 1 aromatic rings. The van der Waals surface area contributed by atoms with Gasteiger partial charge in [-0.05, 0) is 31.6 Å². The number of carbonyl (C=O) groups excluding carboxylic acids is 2. The second-order valence-electron chi connectivity index (χ2n) is 6.74. The van der Waals surface area contributed by atoms with Crippen molar-refractivity contribution in [2.75, 3.05) is 13.2 Å². The number of hydrogen-bond donors (Lipinski definition) is 1. The van der Waals surface area contributed by atoms with E-state index in [1.54, 1.807) is 0 Å². The van der Waals surface area contributed by atoms with Crippen LogP contribution in [-0.4, -0.2) is 45.5 Å². The summed E-state index contributed by atoms with van der Waals surface area (Å²) in [6, 6.07) is 1.42. The topological polar surface area (TPSA) is 101 Å². The van der Waals surface area contributed by atoms with Gasteiger partial charge < -0.3 is 9.64 Å². The van der Waals surface area contributed by atoms with E-state index in [9.17, 15) is 19.2 Å². The number of fused-ring (bicyclic) bond motifs is 1. The van der Waals surface area contributed by atoms with Gasteiger partial charge in [0.2, 0.25) is 0 Å². The summed E-state index contributed by atoms with van der Waals surface area (Å²) in [4.78, 5) is 50.8. The van der Waals surface area contributed by atoms with Gasteiger partial charge in [-0.3, -0.25) is 23.9 Å². The van der Waals surface area contributed by atoms with Crippen molar-refractivity contribution in [1.82, 2.24) is 14.5 Å². The number of H-pyrrole nitrogens is 1. The predicted octanol–water partition coefficient (Wildman–Crippen LogP) is 0.261. The summed E-state index contributed by atoms with van der Waals surface area (Å²) in [6.45, 7) is 0.0754. The Morgan fingerprint density at radius 1 is 1.16 bits per heavy atom. The highest BCUT2D eigenvalue weighted by Gasteiger charge is 2.35. The van der Waals surface area contributed by atoms with E-state index >= 15 is 0 Å². The number of ether oxygens (including phenoxy) is 1. The maximum Gasteiger partial charge on any atom is 0.328 e. The van der Waals surface area contributed by atoms with Gasteiger partial charge in [0.1, 0.15) is 6.54 Å². The monoisotopic (exact) mass is 349 g/mol. The molecule has 1 aromatic heterocycles. The van der Waals surface area contributed by atoms with E-state index in [2.05, 4.69) is 4.98 Å². The van der Waals surface area contributed by atoms with Crippen molar-refractivity contribution < 1.29 is 14.3 Å². The summed E-state index contributed by atoms with van der Waals surface area (Å²) in [7, 11) is 0. The SMILES string of the molecule is O=C(Cn1ccc(=O)[nH]c1=O)OCC(=O)N1CCC[C@H]2CCCC[C@@H]21.